The molecule has 23 heavy (non-hydrogen) atoms. The van der Waals surface area contributed by atoms with Gasteiger partial charge in [-0.2, -0.15) is 5.10 Å². The summed E-state index contributed by atoms with van der Waals surface area (Å²) < 4.78 is 7.80. The summed E-state index contributed by atoms with van der Waals surface area (Å²) in [6.07, 6.45) is 5.32. The molecular weight excluding hydrogens is 292 g/mol. The van der Waals surface area contributed by atoms with Gasteiger partial charge in [0.2, 0.25) is 0 Å². The molecule has 1 aromatic rings. The van der Waals surface area contributed by atoms with Gasteiger partial charge < -0.3 is 15.0 Å². The summed E-state index contributed by atoms with van der Waals surface area (Å²) in [4.78, 5) is 14.5. The van der Waals surface area contributed by atoms with Crippen LogP contribution in [0.3, 0.4) is 0 Å². The van der Waals surface area contributed by atoms with Crippen LogP contribution in [0, 0.1) is 5.92 Å². The third kappa shape index (κ3) is 4.12. The predicted molar refractivity (Wildman–Crippen MR) is 88.5 cm³/mol. The molecular formula is C17H28N4O2. The summed E-state index contributed by atoms with van der Waals surface area (Å²) >= 11 is 0. The Hall–Kier alpha value is -1.40. The van der Waals surface area contributed by atoms with Gasteiger partial charge in [0, 0.05) is 32.4 Å². The zero-order valence-electron chi connectivity index (χ0n) is 14.2. The molecule has 0 spiro atoms. The van der Waals surface area contributed by atoms with Crippen molar-refractivity contribution in [1.82, 2.24) is 20.0 Å². The van der Waals surface area contributed by atoms with Crippen LogP contribution in [0.25, 0.3) is 0 Å². The molecule has 0 radical (unpaired) electrons. The van der Waals surface area contributed by atoms with Crippen LogP contribution in [0.15, 0.2) is 12.3 Å². The number of hydrogen-bond acceptors (Lipinski definition) is 4. The van der Waals surface area contributed by atoms with Crippen molar-refractivity contribution in [2.75, 3.05) is 32.8 Å². The number of nitrogens with zero attached hydrogens (tertiary/aromatic N) is 3. The average Bonchev–Trinajstić information content (AvgIpc) is 3.23. The van der Waals surface area contributed by atoms with E-state index in [4.69, 9.17) is 4.74 Å². The molecule has 2 unspecified atom stereocenters. The molecule has 1 aromatic heterocycles. The molecule has 2 aliphatic rings. The highest BCUT2D eigenvalue weighted by molar-refractivity contribution is 5.92. The van der Waals surface area contributed by atoms with Gasteiger partial charge in [0.15, 0.2) is 0 Å². The third-order valence-electron chi connectivity index (χ3n) is 4.57. The van der Waals surface area contributed by atoms with Crippen molar-refractivity contribution in [3.63, 3.8) is 0 Å². The molecule has 128 valence electrons. The van der Waals surface area contributed by atoms with E-state index < -0.39 is 0 Å². The summed E-state index contributed by atoms with van der Waals surface area (Å²) in [6, 6.07) is 2.21. The average molecular weight is 320 g/mol. The highest BCUT2D eigenvalue weighted by atomic mass is 16.5. The van der Waals surface area contributed by atoms with Crippen LogP contribution in [-0.2, 0) is 4.74 Å². The molecule has 0 bridgehead atoms. The second kappa shape index (κ2) is 7.45. The summed E-state index contributed by atoms with van der Waals surface area (Å²) in [5.41, 5.74) is 0.556. The third-order valence-corrected chi connectivity index (χ3v) is 4.57. The predicted octanol–water partition coefficient (Wildman–Crippen LogP) is 1.69. The van der Waals surface area contributed by atoms with E-state index in [1.807, 2.05) is 21.8 Å². The highest BCUT2D eigenvalue weighted by Gasteiger charge is 2.29. The fraction of sp³-hybridized carbons (Fsp3) is 0.765. The first-order chi connectivity index (χ1) is 11.1. The lowest BCUT2D eigenvalue weighted by atomic mass is 10.1. The molecule has 2 saturated heterocycles. The van der Waals surface area contributed by atoms with Gasteiger partial charge in [0.05, 0.1) is 12.1 Å². The quantitative estimate of drug-likeness (QED) is 0.897. The Bertz CT molecular complexity index is 522. The van der Waals surface area contributed by atoms with Crippen molar-refractivity contribution >= 4 is 5.91 Å². The van der Waals surface area contributed by atoms with Crippen molar-refractivity contribution < 1.29 is 9.53 Å². The second-order valence-electron chi connectivity index (χ2n) is 7.07. The van der Waals surface area contributed by atoms with Gasteiger partial charge in [-0.25, -0.2) is 0 Å². The van der Waals surface area contributed by atoms with Crippen LogP contribution >= 0.6 is 0 Å². The minimum Gasteiger partial charge on any atom is -0.376 e. The monoisotopic (exact) mass is 320 g/mol. The van der Waals surface area contributed by atoms with Gasteiger partial charge in [-0.15, -0.1) is 0 Å². The fourth-order valence-electron chi connectivity index (χ4n) is 3.25. The Kier molecular flexibility index (Phi) is 5.33. The zero-order valence-corrected chi connectivity index (χ0v) is 14.2. The zero-order chi connectivity index (χ0) is 16.2. The maximum absolute atomic E-state index is 12.6. The van der Waals surface area contributed by atoms with E-state index in [0.29, 0.717) is 24.2 Å². The first-order valence-corrected chi connectivity index (χ1v) is 8.80. The molecule has 0 saturated carbocycles. The van der Waals surface area contributed by atoms with Crippen LogP contribution in [0.2, 0.25) is 0 Å². The maximum atomic E-state index is 12.6. The molecule has 6 nitrogen and oxygen atoms in total. The van der Waals surface area contributed by atoms with Crippen molar-refractivity contribution in [2.24, 2.45) is 5.92 Å². The van der Waals surface area contributed by atoms with Crippen molar-refractivity contribution in [1.29, 1.82) is 0 Å². The van der Waals surface area contributed by atoms with E-state index in [1.54, 1.807) is 0 Å². The minimum absolute atomic E-state index is 0.0307. The highest BCUT2D eigenvalue weighted by Crippen LogP contribution is 2.19. The number of likely N-dealkylation sites (tertiary alicyclic amines) is 1. The molecule has 0 aliphatic carbocycles. The second-order valence-corrected chi connectivity index (χ2v) is 7.07. The van der Waals surface area contributed by atoms with E-state index in [-0.39, 0.29) is 12.0 Å². The lowest BCUT2D eigenvalue weighted by Crippen LogP contribution is -2.33. The Morgan fingerprint density at radius 1 is 1.48 bits per heavy atom. The Morgan fingerprint density at radius 3 is 3.09 bits per heavy atom. The maximum Gasteiger partial charge on any atom is 0.274 e. The number of aromatic nitrogens is 2. The largest absolute Gasteiger partial charge is 0.376 e. The minimum atomic E-state index is 0.0307. The van der Waals surface area contributed by atoms with Crippen molar-refractivity contribution in [3.05, 3.63) is 18.0 Å². The summed E-state index contributed by atoms with van der Waals surface area (Å²) in [5, 5.41) is 7.91. The fourth-order valence-corrected chi connectivity index (χ4v) is 3.25. The number of rotatable bonds is 5. The SMILES string of the molecule is CC(C)COC1CCN(C(=O)c2ccn(C3CCCNC3)n2)C1. The number of ether oxygens (including phenoxy) is 1. The van der Waals surface area contributed by atoms with Gasteiger partial charge in [0.25, 0.3) is 5.91 Å². The van der Waals surface area contributed by atoms with Crippen LogP contribution in [0.1, 0.15) is 49.6 Å². The van der Waals surface area contributed by atoms with Crippen LogP contribution in [-0.4, -0.2) is 59.5 Å². The summed E-state index contributed by atoms with van der Waals surface area (Å²) in [7, 11) is 0. The van der Waals surface area contributed by atoms with Crippen LogP contribution < -0.4 is 5.32 Å². The standard InChI is InChI=1S/C17H28N4O2/c1-13(2)12-23-15-5-8-20(11-15)17(22)16-6-9-21(19-16)14-4-3-7-18-10-14/h6,9,13-15,18H,3-5,7-8,10-12H2,1-2H3. The summed E-state index contributed by atoms with van der Waals surface area (Å²) in [6.45, 7) is 8.51. The van der Waals surface area contributed by atoms with Gasteiger partial charge in [0.1, 0.15) is 5.69 Å². The molecule has 1 amide bonds. The molecule has 3 rings (SSSR count). The van der Waals surface area contributed by atoms with E-state index >= 15 is 0 Å². The molecule has 2 fully saturated rings. The number of carbonyl (C=O) groups excluding carboxylic acids is 1. The first-order valence-electron chi connectivity index (χ1n) is 8.80. The first kappa shape index (κ1) is 16.5. The van der Waals surface area contributed by atoms with E-state index in [1.165, 1.54) is 0 Å². The number of carbonyl (C=O) groups is 1. The van der Waals surface area contributed by atoms with E-state index in [0.717, 1.165) is 45.5 Å². The normalized spacial score (nSPS) is 25.3. The Labute approximate surface area is 138 Å². The van der Waals surface area contributed by atoms with Crippen molar-refractivity contribution in [3.8, 4) is 0 Å². The smallest absolute Gasteiger partial charge is 0.274 e. The van der Waals surface area contributed by atoms with Crippen LogP contribution in [0.5, 0.6) is 0 Å². The molecule has 1 N–H and O–H groups in total. The molecule has 2 aliphatic heterocycles. The van der Waals surface area contributed by atoms with Gasteiger partial charge in [-0.3, -0.25) is 9.48 Å². The molecule has 2 atom stereocenters. The molecule has 3 heterocycles. The Balaban J connectivity index is 1.55. The van der Waals surface area contributed by atoms with Gasteiger partial charge in [-0.1, -0.05) is 13.8 Å². The number of hydrogen-bond donors (Lipinski definition) is 1. The Morgan fingerprint density at radius 2 is 2.35 bits per heavy atom. The summed E-state index contributed by atoms with van der Waals surface area (Å²) in [5.74, 6) is 0.558. The lowest BCUT2D eigenvalue weighted by molar-refractivity contribution is 0.0395. The van der Waals surface area contributed by atoms with Crippen molar-refractivity contribution in [2.45, 2.75) is 45.3 Å². The number of piperidine rings is 1. The lowest BCUT2D eigenvalue weighted by Gasteiger charge is -2.23. The van der Waals surface area contributed by atoms with Gasteiger partial charge in [-0.05, 0) is 37.8 Å². The topological polar surface area (TPSA) is 59.4 Å². The molecule has 6 heteroatoms. The molecule has 0 aromatic carbocycles. The van der Waals surface area contributed by atoms with E-state index in [2.05, 4.69) is 24.3 Å². The number of amides is 1. The van der Waals surface area contributed by atoms with Gasteiger partial charge >= 0.3 is 0 Å². The number of nitrogens with one attached hydrogen (secondary N) is 1. The van der Waals surface area contributed by atoms with E-state index in [9.17, 15) is 4.79 Å². The van der Waals surface area contributed by atoms with Crippen LogP contribution in [0.4, 0.5) is 0 Å².